The fourth-order valence-electron chi connectivity index (χ4n) is 3.85. The van der Waals surface area contributed by atoms with Crippen molar-refractivity contribution in [2.24, 2.45) is 4.99 Å². The Bertz CT molecular complexity index is 1130. The van der Waals surface area contributed by atoms with Crippen molar-refractivity contribution in [1.29, 1.82) is 0 Å². The molecule has 3 aromatic rings. The molecule has 4 rings (SSSR count). The van der Waals surface area contributed by atoms with E-state index in [1.54, 1.807) is 6.07 Å². The smallest absolute Gasteiger partial charge is 0.237 e. The van der Waals surface area contributed by atoms with Crippen LogP contribution in [0.3, 0.4) is 0 Å². The highest BCUT2D eigenvalue weighted by Gasteiger charge is 2.33. The van der Waals surface area contributed by atoms with Gasteiger partial charge in [-0.3, -0.25) is 9.79 Å². The molecular weight excluding hydrogens is 410 g/mol. The van der Waals surface area contributed by atoms with E-state index in [0.29, 0.717) is 10.8 Å². The lowest BCUT2D eigenvalue weighted by Gasteiger charge is -2.27. The van der Waals surface area contributed by atoms with E-state index < -0.39 is 5.41 Å². The number of nitrogens with zero attached hydrogens (tertiary/aromatic N) is 3. The third-order valence-corrected chi connectivity index (χ3v) is 6.02. The Hall–Kier alpha value is -2.86. The molecule has 2 aromatic carbocycles. The maximum Gasteiger partial charge on any atom is 0.237 e. The molecule has 0 fully saturated rings. The zero-order chi connectivity index (χ0) is 22.0. The van der Waals surface area contributed by atoms with Gasteiger partial charge < -0.3 is 15.2 Å². The molecule has 2 N–H and O–H groups in total. The number of rotatable bonds is 4. The van der Waals surface area contributed by atoms with Gasteiger partial charge in [-0.15, -0.1) is 0 Å². The van der Waals surface area contributed by atoms with Gasteiger partial charge in [-0.25, -0.2) is 4.98 Å². The molecule has 1 aliphatic rings. The van der Waals surface area contributed by atoms with Crippen LogP contribution in [0.1, 0.15) is 38.1 Å². The van der Waals surface area contributed by atoms with Crippen molar-refractivity contribution in [3.8, 4) is 0 Å². The van der Waals surface area contributed by atoms with Gasteiger partial charge in [0.25, 0.3) is 0 Å². The van der Waals surface area contributed by atoms with Gasteiger partial charge in [-0.05, 0) is 81.8 Å². The van der Waals surface area contributed by atoms with Crippen molar-refractivity contribution in [3.63, 3.8) is 0 Å². The van der Waals surface area contributed by atoms with Gasteiger partial charge in [0, 0.05) is 29.5 Å². The van der Waals surface area contributed by atoms with Gasteiger partial charge in [-0.2, -0.15) is 0 Å². The van der Waals surface area contributed by atoms with Gasteiger partial charge in [0.15, 0.2) is 0 Å². The number of carbonyl (C=O) groups excluding carboxylic acids is 1. The number of imidazole rings is 1. The summed E-state index contributed by atoms with van der Waals surface area (Å²) in [7, 11) is 0. The van der Waals surface area contributed by atoms with Gasteiger partial charge >= 0.3 is 0 Å². The summed E-state index contributed by atoms with van der Waals surface area (Å²) in [4.78, 5) is 27.8. The summed E-state index contributed by atoms with van der Waals surface area (Å²) in [5, 5.41) is 3.69. The number of hydrogen-bond acceptors (Lipinski definition) is 4. The van der Waals surface area contributed by atoms with Crippen molar-refractivity contribution in [2.75, 3.05) is 29.9 Å². The van der Waals surface area contributed by atoms with E-state index in [1.807, 2.05) is 44.3 Å². The number of anilines is 2. The summed E-state index contributed by atoms with van der Waals surface area (Å²) in [6, 6.07) is 11.6. The summed E-state index contributed by atoms with van der Waals surface area (Å²) in [5.41, 5.74) is 3.89. The number of fused-ring (bicyclic) bond motifs is 1. The molecule has 0 aliphatic carbocycles. The lowest BCUT2D eigenvalue weighted by atomic mass is 9.91. The van der Waals surface area contributed by atoms with Crippen LogP contribution < -0.4 is 10.2 Å². The van der Waals surface area contributed by atoms with Gasteiger partial charge in [0.1, 0.15) is 11.2 Å². The number of carbonyl (C=O) groups is 1. The Balaban J connectivity index is 1.51. The first kappa shape index (κ1) is 21.4. The predicted molar refractivity (Wildman–Crippen MR) is 129 cm³/mol. The summed E-state index contributed by atoms with van der Waals surface area (Å²) in [6.45, 7) is 8.55. The molecule has 7 heteroatoms. The molecule has 0 spiro atoms. The summed E-state index contributed by atoms with van der Waals surface area (Å²) >= 11 is 6.08. The van der Waals surface area contributed by atoms with E-state index in [0.717, 1.165) is 54.8 Å². The van der Waals surface area contributed by atoms with E-state index in [1.165, 1.54) is 5.69 Å². The third-order valence-electron chi connectivity index (χ3n) is 5.79. The van der Waals surface area contributed by atoms with Crippen LogP contribution >= 0.6 is 11.6 Å². The maximum absolute atomic E-state index is 13.1. The normalized spacial score (nSPS) is 15.0. The Labute approximate surface area is 187 Å². The van der Waals surface area contributed by atoms with Crippen molar-refractivity contribution in [2.45, 2.75) is 39.0 Å². The van der Waals surface area contributed by atoms with Gasteiger partial charge in [-0.1, -0.05) is 11.6 Å². The highest BCUT2D eigenvalue weighted by Crippen LogP contribution is 2.28. The predicted octanol–water partition coefficient (Wildman–Crippen LogP) is 5.11. The zero-order valence-electron chi connectivity index (χ0n) is 18.2. The average molecular weight is 438 g/mol. The average Bonchev–Trinajstić information content (AvgIpc) is 3.12. The Kier molecular flexibility index (Phi) is 6.01. The molecule has 6 nitrogen and oxygen atoms in total. The molecule has 162 valence electrons. The fourth-order valence-corrected chi connectivity index (χ4v) is 4.02. The second-order valence-electron chi connectivity index (χ2n) is 8.55. The number of nitrogens with one attached hydrogen (secondary N) is 2. The number of amides is 1. The Morgan fingerprint density at radius 3 is 2.84 bits per heavy atom. The molecule has 2 heterocycles. The summed E-state index contributed by atoms with van der Waals surface area (Å²) in [6.07, 6.45) is 4.15. The first-order chi connectivity index (χ1) is 14.8. The van der Waals surface area contributed by atoms with Gasteiger partial charge in [0.05, 0.1) is 17.6 Å². The number of aromatic nitrogens is 2. The number of benzene rings is 2. The van der Waals surface area contributed by atoms with Crippen LogP contribution in [0.5, 0.6) is 0 Å². The lowest BCUT2D eigenvalue weighted by molar-refractivity contribution is -0.120. The zero-order valence-corrected chi connectivity index (χ0v) is 19.0. The second kappa shape index (κ2) is 8.71. The molecule has 1 aromatic heterocycles. The monoisotopic (exact) mass is 437 g/mol. The van der Waals surface area contributed by atoms with E-state index in [2.05, 4.69) is 38.2 Å². The number of halogens is 1. The third kappa shape index (κ3) is 4.59. The summed E-state index contributed by atoms with van der Waals surface area (Å²) in [5.74, 6) is 0.488. The van der Waals surface area contributed by atoms with Crippen LogP contribution in [-0.4, -0.2) is 41.7 Å². The van der Waals surface area contributed by atoms with Crippen LogP contribution in [0.15, 0.2) is 41.4 Å². The Morgan fingerprint density at radius 2 is 2.03 bits per heavy atom. The molecule has 1 amide bonds. The minimum Gasteiger partial charge on any atom is -0.369 e. The van der Waals surface area contributed by atoms with Crippen molar-refractivity contribution >= 4 is 46.1 Å². The number of aryl methyl sites for hydroxylation is 1. The van der Waals surface area contributed by atoms with E-state index in [9.17, 15) is 4.79 Å². The first-order valence-electron chi connectivity index (χ1n) is 10.7. The standard InChI is InChI=1S/C24H28ClN5O/c1-16-14-18(7-9-21(16)30-12-5-4-10-26-11-13-30)27-23(31)24(2,3)22-28-19-8-6-17(25)15-20(19)29-22/h6-10,14-15H,4-5,11-13H2,1-3H3,(H,27,31)(H,28,29). The topological polar surface area (TPSA) is 73.4 Å². The molecule has 1 aliphatic heterocycles. The van der Waals surface area contributed by atoms with E-state index in [4.69, 9.17) is 11.6 Å². The van der Waals surface area contributed by atoms with Crippen molar-refractivity contribution in [3.05, 3.63) is 52.8 Å². The van der Waals surface area contributed by atoms with Crippen molar-refractivity contribution in [1.82, 2.24) is 9.97 Å². The molecule has 0 atom stereocenters. The molecule has 0 unspecified atom stereocenters. The molecule has 0 radical (unpaired) electrons. The quantitative estimate of drug-likeness (QED) is 0.595. The minimum atomic E-state index is -0.834. The van der Waals surface area contributed by atoms with Crippen LogP contribution in [-0.2, 0) is 10.2 Å². The first-order valence-corrected chi connectivity index (χ1v) is 11.0. The minimum absolute atomic E-state index is 0.120. The molecule has 0 saturated carbocycles. The fraction of sp³-hybridized carbons (Fsp3) is 0.375. The van der Waals surface area contributed by atoms with E-state index in [-0.39, 0.29) is 5.91 Å². The van der Waals surface area contributed by atoms with Crippen LogP contribution in [0.2, 0.25) is 5.02 Å². The largest absolute Gasteiger partial charge is 0.369 e. The highest BCUT2D eigenvalue weighted by atomic mass is 35.5. The van der Waals surface area contributed by atoms with E-state index >= 15 is 0 Å². The van der Waals surface area contributed by atoms with Crippen molar-refractivity contribution < 1.29 is 4.79 Å². The van der Waals surface area contributed by atoms with Crippen LogP contribution in [0.25, 0.3) is 11.0 Å². The highest BCUT2D eigenvalue weighted by molar-refractivity contribution is 6.31. The molecule has 0 bridgehead atoms. The van der Waals surface area contributed by atoms with Gasteiger partial charge in [0.2, 0.25) is 5.91 Å². The number of hydrogen-bond donors (Lipinski definition) is 2. The number of aliphatic imine (C=N–C) groups is 1. The van der Waals surface area contributed by atoms with Crippen LogP contribution in [0.4, 0.5) is 11.4 Å². The second-order valence-corrected chi connectivity index (χ2v) is 8.98. The molecular formula is C24H28ClN5O. The molecule has 31 heavy (non-hydrogen) atoms. The lowest BCUT2D eigenvalue weighted by Crippen LogP contribution is -2.35. The number of aromatic amines is 1. The summed E-state index contributed by atoms with van der Waals surface area (Å²) < 4.78 is 0. The molecule has 0 saturated heterocycles. The maximum atomic E-state index is 13.1. The SMILES string of the molecule is Cc1cc(NC(=O)C(C)(C)c2nc3ccc(Cl)cc3[nH]2)ccc1N1CCCC=NCC1. The Morgan fingerprint density at radius 1 is 1.19 bits per heavy atom. The number of H-pyrrole nitrogens is 1. The van der Waals surface area contributed by atoms with Crippen LogP contribution in [0, 0.1) is 6.92 Å².